The standard InChI is InChI=1S/C18H22N4O/c1-13-7-6-8-14(2)22(13)21-18(23)16-11-19-17(20-12-16)15-9-4-3-5-10-15/h3-5,9-14H,6-8H2,1-2H3,(H,21,23). The first-order valence-electron chi connectivity index (χ1n) is 8.12. The van der Waals surface area contributed by atoms with Crippen molar-refractivity contribution in [1.29, 1.82) is 0 Å². The van der Waals surface area contributed by atoms with Crippen LogP contribution in [-0.2, 0) is 0 Å². The molecule has 1 aliphatic heterocycles. The van der Waals surface area contributed by atoms with Crippen molar-refractivity contribution >= 4 is 5.91 Å². The highest BCUT2D eigenvalue weighted by Gasteiger charge is 2.26. The molecule has 0 bridgehead atoms. The molecular weight excluding hydrogens is 288 g/mol. The van der Waals surface area contributed by atoms with Crippen molar-refractivity contribution in [2.75, 3.05) is 0 Å². The van der Waals surface area contributed by atoms with E-state index >= 15 is 0 Å². The number of hydrogen-bond donors (Lipinski definition) is 1. The van der Waals surface area contributed by atoms with E-state index in [1.165, 1.54) is 6.42 Å². The predicted molar refractivity (Wildman–Crippen MR) is 89.5 cm³/mol. The van der Waals surface area contributed by atoms with Crippen LogP contribution in [0.4, 0.5) is 0 Å². The Morgan fingerprint density at radius 1 is 1.09 bits per heavy atom. The summed E-state index contributed by atoms with van der Waals surface area (Å²) in [5.41, 5.74) is 4.43. The smallest absolute Gasteiger partial charge is 0.268 e. The van der Waals surface area contributed by atoms with Crippen LogP contribution < -0.4 is 5.43 Å². The number of hydrazine groups is 1. The van der Waals surface area contributed by atoms with Gasteiger partial charge in [0, 0.05) is 30.0 Å². The van der Waals surface area contributed by atoms with Crippen LogP contribution in [0, 0.1) is 0 Å². The monoisotopic (exact) mass is 310 g/mol. The molecular formula is C18H22N4O. The second kappa shape index (κ2) is 6.87. The highest BCUT2D eigenvalue weighted by atomic mass is 16.2. The van der Waals surface area contributed by atoms with Crippen molar-refractivity contribution in [2.45, 2.75) is 45.2 Å². The number of hydrogen-bond acceptors (Lipinski definition) is 4. The summed E-state index contributed by atoms with van der Waals surface area (Å²) in [4.78, 5) is 21.0. The third-order valence-electron chi connectivity index (χ3n) is 4.37. The van der Waals surface area contributed by atoms with E-state index < -0.39 is 0 Å². The van der Waals surface area contributed by atoms with Crippen LogP contribution in [0.2, 0.25) is 0 Å². The minimum absolute atomic E-state index is 0.148. The van der Waals surface area contributed by atoms with Crippen LogP contribution in [0.3, 0.4) is 0 Å². The quantitative estimate of drug-likeness (QED) is 0.946. The lowest BCUT2D eigenvalue weighted by Gasteiger charge is -2.38. The maximum atomic E-state index is 12.4. The molecule has 1 N–H and O–H groups in total. The fourth-order valence-corrected chi connectivity index (χ4v) is 3.01. The lowest BCUT2D eigenvalue weighted by Crippen LogP contribution is -2.54. The normalized spacial score (nSPS) is 21.8. The number of carbonyl (C=O) groups is 1. The first-order valence-corrected chi connectivity index (χ1v) is 8.12. The third kappa shape index (κ3) is 3.56. The Hall–Kier alpha value is -2.27. The topological polar surface area (TPSA) is 58.1 Å². The number of aromatic nitrogens is 2. The molecule has 1 fully saturated rings. The van der Waals surface area contributed by atoms with Crippen molar-refractivity contribution < 1.29 is 4.79 Å². The fourth-order valence-electron chi connectivity index (χ4n) is 3.01. The molecule has 23 heavy (non-hydrogen) atoms. The van der Waals surface area contributed by atoms with Gasteiger partial charge in [-0.2, -0.15) is 0 Å². The van der Waals surface area contributed by atoms with Gasteiger partial charge in [0.15, 0.2) is 5.82 Å². The molecule has 0 aliphatic carbocycles. The summed E-state index contributed by atoms with van der Waals surface area (Å²) in [6.45, 7) is 4.29. The van der Waals surface area contributed by atoms with Crippen LogP contribution in [0.1, 0.15) is 43.5 Å². The summed E-state index contributed by atoms with van der Waals surface area (Å²) >= 11 is 0. The van der Waals surface area contributed by atoms with E-state index in [2.05, 4.69) is 34.3 Å². The van der Waals surface area contributed by atoms with E-state index in [9.17, 15) is 4.79 Å². The largest absolute Gasteiger partial charge is 0.284 e. The molecule has 1 aromatic heterocycles. The molecule has 0 spiro atoms. The van der Waals surface area contributed by atoms with E-state index in [0.29, 0.717) is 23.5 Å². The molecule has 3 rings (SSSR count). The van der Waals surface area contributed by atoms with Crippen molar-refractivity contribution in [3.05, 3.63) is 48.3 Å². The van der Waals surface area contributed by atoms with E-state index in [0.717, 1.165) is 18.4 Å². The van der Waals surface area contributed by atoms with Crippen LogP contribution in [0.25, 0.3) is 11.4 Å². The molecule has 120 valence electrons. The summed E-state index contributed by atoms with van der Waals surface area (Å²) in [5.74, 6) is 0.479. The Morgan fingerprint density at radius 3 is 2.30 bits per heavy atom. The van der Waals surface area contributed by atoms with Gasteiger partial charge in [-0.05, 0) is 26.7 Å². The van der Waals surface area contributed by atoms with Gasteiger partial charge in [0.25, 0.3) is 5.91 Å². The van der Waals surface area contributed by atoms with Crippen LogP contribution in [0.5, 0.6) is 0 Å². The summed E-state index contributed by atoms with van der Waals surface area (Å²) in [6, 6.07) is 10.4. The zero-order valence-corrected chi connectivity index (χ0v) is 13.6. The number of rotatable bonds is 3. The Morgan fingerprint density at radius 2 is 1.70 bits per heavy atom. The SMILES string of the molecule is CC1CCCC(C)N1NC(=O)c1cnc(-c2ccccc2)nc1. The van der Waals surface area contributed by atoms with Crippen molar-refractivity contribution in [3.63, 3.8) is 0 Å². The summed E-state index contributed by atoms with van der Waals surface area (Å²) in [5, 5.41) is 2.05. The molecule has 5 heteroatoms. The van der Waals surface area contributed by atoms with Gasteiger partial charge >= 0.3 is 0 Å². The Labute approximate surface area is 136 Å². The number of amides is 1. The third-order valence-corrected chi connectivity index (χ3v) is 4.37. The predicted octanol–water partition coefficient (Wildman–Crippen LogP) is 3.05. The molecule has 5 nitrogen and oxygen atoms in total. The highest BCUT2D eigenvalue weighted by molar-refractivity contribution is 5.93. The molecule has 1 aromatic carbocycles. The van der Waals surface area contributed by atoms with Gasteiger partial charge in [0.2, 0.25) is 0 Å². The zero-order chi connectivity index (χ0) is 16.2. The zero-order valence-electron chi connectivity index (χ0n) is 13.6. The molecule has 1 saturated heterocycles. The summed E-state index contributed by atoms with van der Waals surface area (Å²) in [7, 11) is 0. The summed E-state index contributed by atoms with van der Waals surface area (Å²) in [6.07, 6.45) is 6.60. The van der Waals surface area contributed by atoms with Crippen molar-refractivity contribution in [3.8, 4) is 11.4 Å². The van der Waals surface area contributed by atoms with Gasteiger partial charge in [-0.15, -0.1) is 0 Å². The first kappa shape index (κ1) is 15.6. The van der Waals surface area contributed by atoms with Gasteiger partial charge in [-0.3, -0.25) is 10.2 Å². The lowest BCUT2D eigenvalue weighted by molar-refractivity contribution is 0.0369. The number of nitrogens with zero attached hydrogens (tertiary/aromatic N) is 3. The van der Waals surface area contributed by atoms with Gasteiger partial charge in [-0.1, -0.05) is 36.8 Å². The number of benzene rings is 1. The van der Waals surface area contributed by atoms with Crippen molar-refractivity contribution in [2.24, 2.45) is 0 Å². The number of piperidine rings is 1. The van der Waals surface area contributed by atoms with Gasteiger partial charge in [0.05, 0.1) is 5.56 Å². The minimum Gasteiger partial charge on any atom is -0.284 e. The fraction of sp³-hybridized carbons (Fsp3) is 0.389. The summed E-state index contributed by atoms with van der Waals surface area (Å²) < 4.78 is 0. The molecule has 1 amide bonds. The van der Waals surface area contributed by atoms with Gasteiger partial charge in [0.1, 0.15) is 0 Å². The molecule has 1 aliphatic rings. The van der Waals surface area contributed by atoms with E-state index in [1.807, 2.05) is 30.3 Å². The first-order chi connectivity index (χ1) is 11.1. The molecule has 2 heterocycles. The molecule has 0 saturated carbocycles. The van der Waals surface area contributed by atoms with Gasteiger partial charge in [-0.25, -0.2) is 15.0 Å². The van der Waals surface area contributed by atoms with Crippen LogP contribution in [-0.4, -0.2) is 33.0 Å². The number of nitrogens with one attached hydrogen (secondary N) is 1. The average molecular weight is 310 g/mol. The lowest BCUT2D eigenvalue weighted by atomic mass is 10.00. The average Bonchev–Trinajstić information content (AvgIpc) is 2.59. The second-order valence-corrected chi connectivity index (χ2v) is 6.14. The van der Waals surface area contributed by atoms with Crippen LogP contribution >= 0.6 is 0 Å². The molecule has 2 unspecified atom stereocenters. The minimum atomic E-state index is -0.148. The second-order valence-electron chi connectivity index (χ2n) is 6.14. The van der Waals surface area contributed by atoms with E-state index in [-0.39, 0.29) is 5.91 Å². The maximum Gasteiger partial charge on any atom is 0.268 e. The van der Waals surface area contributed by atoms with Crippen LogP contribution in [0.15, 0.2) is 42.7 Å². The molecule has 2 atom stereocenters. The Balaban J connectivity index is 1.70. The van der Waals surface area contributed by atoms with Crippen molar-refractivity contribution in [1.82, 2.24) is 20.4 Å². The maximum absolute atomic E-state index is 12.4. The van der Waals surface area contributed by atoms with Gasteiger partial charge < -0.3 is 0 Å². The van der Waals surface area contributed by atoms with E-state index in [1.54, 1.807) is 12.4 Å². The molecule has 2 aromatic rings. The number of carbonyl (C=O) groups excluding carboxylic acids is 1. The highest BCUT2D eigenvalue weighted by Crippen LogP contribution is 2.20. The Bertz CT molecular complexity index is 646. The van der Waals surface area contributed by atoms with E-state index in [4.69, 9.17) is 0 Å². The Kier molecular flexibility index (Phi) is 4.67. The molecule has 0 radical (unpaired) electrons.